The third-order valence-electron chi connectivity index (χ3n) is 2.23. The van der Waals surface area contributed by atoms with E-state index in [1.807, 2.05) is 6.66 Å². The molecule has 0 aliphatic carbocycles. The van der Waals surface area contributed by atoms with E-state index in [1.54, 1.807) is 0 Å². The molecule has 3 unspecified atom stereocenters. The molecule has 3 atom stereocenters. The number of hydrogen-bond acceptors (Lipinski definition) is 1. The lowest BCUT2D eigenvalue weighted by Crippen LogP contribution is -2.20. The maximum Gasteiger partial charge on any atom is 0.0863 e. The van der Waals surface area contributed by atoms with E-state index < -0.39 is 7.14 Å². The molecule has 0 amide bonds. The van der Waals surface area contributed by atoms with Crippen LogP contribution in [0.25, 0.3) is 0 Å². The molecular formula is C9H15OP. The third-order valence-corrected chi connectivity index (χ3v) is 4.84. The second-order valence-corrected chi connectivity index (χ2v) is 7.19. The van der Waals surface area contributed by atoms with E-state index in [0.717, 1.165) is 18.7 Å². The highest BCUT2D eigenvalue weighted by atomic mass is 31.2. The highest BCUT2D eigenvalue weighted by molar-refractivity contribution is 7.63. The summed E-state index contributed by atoms with van der Waals surface area (Å²) in [6, 6.07) is 0. The van der Waals surface area contributed by atoms with Crippen LogP contribution in [0.3, 0.4) is 0 Å². The van der Waals surface area contributed by atoms with Crippen molar-refractivity contribution < 1.29 is 4.57 Å². The summed E-state index contributed by atoms with van der Waals surface area (Å²) in [4.78, 5) is 0. The van der Waals surface area contributed by atoms with Gasteiger partial charge in [-0.2, -0.15) is 0 Å². The maximum absolute atomic E-state index is 11.7. The first-order chi connectivity index (χ1) is 5.03. The summed E-state index contributed by atoms with van der Waals surface area (Å²) in [7, 11) is -1.86. The van der Waals surface area contributed by atoms with E-state index in [1.165, 1.54) is 0 Å². The summed E-state index contributed by atoms with van der Waals surface area (Å²) < 4.78 is 11.7. The Morgan fingerprint density at radius 3 is 2.64 bits per heavy atom. The van der Waals surface area contributed by atoms with Gasteiger partial charge in [0.2, 0.25) is 0 Å². The zero-order valence-electron chi connectivity index (χ0n) is 7.21. The van der Waals surface area contributed by atoms with Crippen LogP contribution >= 0.6 is 7.14 Å². The first-order valence-electron chi connectivity index (χ1n) is 4.05. The van der Waals surface area contributed by atoms with Crippen molar-refractivity contribution in [1.29, 1.82) is 0 Å². The molecule has 0 aromatic rings. The van der Waals surface area contributed by atoms with Gasteiger partial charge in [0.15, 0.2) is 0 Å². The molecule has 2 heteroatoms. The maximum atomic E-state index is 11.7. The van der Waals surface area contributed by atoms with Crippen molar-refractivity contribution in [3.05, 3.63) is 0 Å². The van der Waals surface area contributed by atoms with Crippen LogP contribution in [0.1, 0.15) is 13.3 Å². The van der Waals surface area contributed by atoms with Crippen LogP contribution in [0.5, 0.6) is 0 Å². The van der Waals surface area contributed by atoms with Crippen LogP contribution in [0.15, 0.2) is 0 Å². The molecule has 0 bridgehead atoms. The Labute approximate surface area is 68.9 Å². The first kappa shape index (κ1) is 8.88. The van der Waals surface area contributed by atoms with Gasteiger partial charge in [0, 0.05) is 18.2 Å². The predicted molar refractivity (Wildman–Crippen MR) is 49.4 cm³/mol. The van der Waals surface area contributed by atoms with Crippen LogP contribution in [-0.4, -0.2) is 19.0 Å². The largest absolute Gasteiger partial charge is 0.324 e. The fourth-order valence-electron chi connectivity index (χ4n) is 1.96. The Hall–Kier alpha value is -0.210. The Morgan fingerprint density at radius 2 is 2.18 bits per heavy atom. The van der Waals surface area contributed by atoms with Gasteiger partial charge in [0.25, 0.3) is 0 Å². The lowest BCUT2D eigenvalue weighted by Gasteiger charge is -2.28. The predicted octanol–water partition coefficient (Wildman–Crippen LogP) is 2.27. The van der Waals surface area contributed by atoms with Crippen molar-refractivity contribution in [2.45, 2.75) is 13.3 Å². The minimum atomic E-state index is -1.86. The molecule has 0 N–H and O–H groups in total. The molecule has 0 saturated carbocycles. The molecule has 11 heavy (non-hydrogen) atoms. The van der Waals surface area contributed by atoms with E-state index in [0.29, 0.717) is 5.92 Å². The van der Waals surface area contributed by atoms with Crippen molar-refractivity contribution in [3.63, 3.8) is 0 Å². The van der Waals surface area contributed by atoms with Crippen LogP contribution in [0, 0.1) is 24.2 Å². The average Bonchev–Trinajstić information content (AvgIpc) is 1.83. The summed E-state index contributed by atoms with van der Waals surface area (Å²) in [6.07, 6.45) is 8.04. The molecule has 1 rings (SSSR count). The zero-order chi connectivity index (χ0) is 8.48. The van der Waals surface area contributed by atoms with E-state index >= 15 is 0 Å². The van der Waals surface area contributed by atoms with Crippen molar-refractivity contribution in [2.24, 2.45) is 11.8 Å². The molecule has 1 saturated heterocycles. The topological polar surface area (TPSA) is 17.1 Å². The fraction of sp³-hybridized carbons (Fsp3) is 0.778. The smallest absolute Gasteiger partial charge is 0.0863 e. The molecule has 0 radical (unpaired) electrons. The highest BCUT2D eigenvalue weighted by Gasteiger charge is 2.29. The minimum Gasteiger partial charge on any atom is -0.324 e. The quantitative estimate of drug-likeness (QED) is 0.402. The van der Waals surface area contributed by atoms with Gasteiger partial charge in [-0.25, -0.2) is 0 Å². The zero-order valence-corrected chi connectivity index (χ0v) is 8.10. The molecule has 1 aliphatic rings. The van der Waals surface area contributed by atoms with Gasteiger partial charge in [-0.3, -0.25) is 0 Å². The lowest BCUT2D eigenvalue weighted by atomic mass is 9.99. The number of terminal acetylenes is 1. The fourth-order valence-corrected chi connectivity index (χ4v) is 4.76. The second-order valence-electron chi connectivity index (χ2n) is 3.87. The average molecular weight is 170 g/mol. The monoisotopic (exact) mass is 170 g/mol. The van der Waals surface area contributed by atoms with Crippen molar-refractivity contribution in [2.75, 3.05) is 19.0 Å². The molecular weight excluding hydrogens is 155 g/mol. The number of rotatable bonds is 0. The van der Waals surface area contributed by atoms with Crippen LogP contribution in [0.2, 0.25) is 0 Å². The molecule has 1 fully saturated rings. The Kier molecular flexibility index (Phi) is 2.45. The molecule has 1 heterocycles. The first-order valence-corrected chi connectivity index (χ1v) is 6.57. The summed E-state index contributed by atoms with van der Waals surface area (Å²) >= 11 is 0. The van der Waals surface area contributed by atoms with Crippen molar-refractivity contribution in [1.82, 2.24) is 0 Å². The Balaban J connectivity index is 2.68. The Bertz CT molecular complexity index is 226. The summed E-state index contributed by atoms with van der Waals surface area (Å²) in [6.45, 7) is 4.02. The van der Waals surface area contributed by atoms with E-state index in [-0.39, 0.29) is 5.92 Å². The summed E-state index contributed by atoms with van der Waals surface area (Å²) in [5.41, 5.74) is 0. The highest BCUT2D eigenvalue weighted by Crippen LogP contribution is 2.50. The van der Waals surface area contributed by atoms with E-state index in [9.17, 15) is 4.57 Å². The standard InChI is InChI=1S/C9H15OP/c1-4-9-5-8(2)6-11(3,10)7-9/h1,8-9H,5-7H2,2-3H3. The lowest BCUT2D eigenvalue weighted by molar-refractivity contribution is 0.472. The van der Waals surface area contributed by atoms with Gasteiger partial charge in [-0.15, -0.1) is 12.3 Å². The molecule has 0 aromatic heterocycles. The van der Waals surface area contributed by atoms with Gasteiger partial charge in [-0.05, 0) is 19.0 Å². The van der Waals surface area contributed by atoms with Crippen molar-refractivity contribution >= 4 is 7.14 Å². The molecule has 1 nitrogen and oxygen atoms in total. The molecule has 0 aromatic carbocycles. The molecule has 62 valence electrons. The van der Waals surface area contributed by atoms with Gasteiger partial charge >= 0.3 is 0 Å². The van der Waals surface area contributed by atoms with Gasteiger partial charge < -0.3 is 4.57 Å². The van der Waals surface area contributed by atoms with Gasteiger partial charge in [0.1, 0.15) is 0 Å². The number of hydrogen-bond donors (Lipinski definition) is 0. The van der Waals surface area contributed by atoms with E-state index in [2.05, 4.69) is 12.8 Å². The van der Waals surface area contributed by atoms with Crippen LogP contribution < -0.4 is 0 Å². The normalized spacial score (nSPS) is 44.8. The Morgan fingerprint density at radius 1 is 1.55 bits per heavy atom. The molecule has 1 aliphatic heterocycles. The minimum absolute atomic E-state index is 0.273. The third kappa shape index (κ3) is 2.38. The SMILES string of the molecule is C#CC1CC(C)CP(C)(=O)C1. The van der Waals surface area contributed by atoms with Crippen LogP contribution in [0.4, 0.5) is 0 Å². The summed E-state index contributed by atoms with van der Waals surface area (Å²) in [5.74, 6) is 3.55. The molecule has 0 spiro atoms. The van der Waals surface area contributed by atoms with Crippen LogP contribution in [-0.2, 0) is 4.57 Å². The van der Waals surface area contributed by atoms with Gasteiger partial charge in [-0.1, -0.05) is 6.92 Å². The second kappa shape index (κ2) is 3.03. The van der Waals surface area contributed by atoms with E-state index in [4.69, 9.17) is 6.42 Å². The van der Waals surface area contributed by atoms with Gasteiger partial charge in [0.05, 0.1) is 7.14 Å². The summed E-state index contributed by atoms with van der Waals surface area (Å²) in [5, 5.41) is 0. The van der Waals surface area contributed by atoms with Crippen molar-refractivity contribution in [3.8, 4) is 12.3 Å².